The zero-order chi connectivity index (χ0) is 23.2. The van der Waals surface area contributed by atoms with E-state index in [4.69, 9.17) is 5.11 Å². The van der Waals surface area contributed by atoms with Gasteiger partial charge in [-0.2, -0.15) is 0 Å². The molecule has 0 heterocycles. The van der Waals surface area contributed by atoms with E-state index in [1.54, 1.807) is 0 Å². The number of carboxylic acids is 1. The first-order valence-corrected chi connectivity index (χ1v) is 14.2. The number of unbranched alkanes of at least 4 members (excludes halogenated alkanes) is 13. The van der Waals surface area contributed by atoms with Crippen LogP contribution < -0.4 is 0 Å². The smallest absolute Gasteiger partial charge is 0.306 e. The predicted molar refractivity (Wildman–Crippen MR) is 138 cm³/mol. The van der Waals surface area contributed by atoms with Gasteiger partial charge in [0.15, 0.2) is 0 Å². The normalized spacial score (nSPS) is 14.5. The van der Waals surface area contributed by atoms with Gasteiger partial charge in [-0.3, -0.25) is 4.79 Å². The van der Waals surface area contributed by atoms with E-state index < -0.39 is 5.97 Å². The lowest BCUT2D eigenvalue weighted by molar-refractivity contribution is -0.141. The highest BCUT2D eigenvalue weighted by molar-refractivity contribution is 5.69. The van der Waals surface area contributed by atoms with E-state index >= 15 is 0 Å². The summed E-state index contributed by atoms with van der Waals surface area (Å²) in [5.74, 6) is 1.04. The van der Waals surface area contributed by atoms with Gasteiger partial charge < -0.3 is 5.11 Å². The van der Waals surface area contributed by atoms with Crippen molar-refractivity contribution in [1.82, 2.24) is 0 Å². The number of hydrogen-bond donors (Lipinski definition) is 1. The summed E-state index contributed by atoms with van der Waals surface area (Å²) in [7, 11) is 0. The molecule has 31 heavy (non-hydrogen) atoms. The van der Waals surface area contributed by atoms with Gasteiger partial charge in [0.05, 0.1) is 5.92 Å². The Labute approximate surface area is 196 Å². The molecule has 0 saturated carbocycles. The van der Waals surface area contributed by atoms with Gasteiger partial charge >= 0.3 is 5.97 Å². The van der Waals surface area contributed by atoms with Crippen LogP contribution in [0.5, 0.6) is 0 Å². The second-order valence-corrected chi connectivity index (χ2v) is 10.7. The summed E-state index contributed by atoms with van der Waals surface area (Å²) in [6.45, 7) is 9.03. The van der Waals surface area contributed by atoms with Crippen LogP contribution in [0.3, 0.4) is 0 Å². The number of rotatable bonds is 24. The van der Waals surface area contributed by atoms with Gasteiger partial charge in [0.2, 0.25) is 0 Å². The molecule has 0 saturated heterocycles. The lowest BCUT2D eigenvalue weighted by Gasteiger charge is -2.13. The fourth-order valence-corrected chi connectivity index (χ4v) is 4.67. The molecule has 2 nitrogen and oxygen atoms in total. The molecule has 0 aliphatic carbocycles. The van der Waals surface area contributed by atoms with Gasteiger partial charge in [-0.1, -0.05) is 156 Å². The minimum absolute atomic E-state index is 0.170. The summed E-state index contributed by atoms with van der Waals surface area (Å²) in [5.41, 5.74) is 0. The molecule has 0 fully saturated rings. The van der Waals surface area contributed by atoms with Crippen molar-refractivity contribution in [2.75, 3.05) is 0 Å². The Morgan fingerprint density at radius 2 is 0.806 bits per heavy atom. The van der Waals surface area contributed by atoms with E-state index in [-0.39, 0.29) is 5.92 Å². The highest BCUT2D eigenvalue weighted by Crippen LogP contribution is 2.21. The van der Waals surface area contributed by atoms with Crippen molar-refractivity contribution in [3.8, 4) is 0 Å². The zero-order valence-electron chi connectivity index (χ0n) is 21.9. The first-order chi connectivity index (χ1) is 15.0. The van der Waals surface area contributed by atoms with Crippen LogP contribution in [0, 0.1) is 17.8 Å². The largest absolute Gasteiger partial charge is 0.481 e. The standard InChI is InChI=1S/C29H58O2/c1-5-6-7-16-21-26(2)23-18-15-19-24-27(3)22-17-13-11-9-8-10-12-14-20-25-28(4)29(30)31/h26-28H,5-25H2,1-4H3,(H,30,31). The maximum atomic E-state index is 10.8. The van der Waals surface area contributed by atoms with Gasteiger partial charge in [-0.05, 0) is 18.3 Å². The fourth-order valence-electron chi connectivity index (χ4n) is 4.67. The highest BCUT2D eigenvalue weighted by atomic mass is 16.4. The van der Waals surface area contributed by atoms with Crippen molar-refractivity contribution in [1.29, 1.82) is 0 Å². The van der Waals surface area contributed by atoms with E-state index in [0.717, 1.165) is 24.7 Å². The molecule has 0 spiro atoms. The second kappa shape index (κ2) is 22.7. The van der Waals surface area contributed by atoms with Crippen molar-refractivity contribution >= 4 is 5.97 Å². The molecule has 1 N–H and O–H groups in total. The molecule has 0 radical (unpaired) electrons. The molecular formula is C29H58O2. The van der Waals surface area contributed by atoms with Crippen molar-refractivity contribution in [3.05, 3.63) is 0 Å². The van der Waals surface area contributed by atoms with Crippen LogP contribution in [0.2, 0.25) is 0 Å². The van der Waals surface area contributed by atoms with Gasteiger partial charge in [-0.25, -0.2) is 0 Å². The van der Waals surface area contributed by atoms with Gasteiger partial charge in [0.25, 0.3) is 0 Å². The highest BCUT2D eigenvalue weighted by Gasteiger charge is 2.09. The Morgan fingerprint density at radius 1 is 0.516 bits per heavy atom. The number of carbonyl (C=O) groups is 1. The number of aliphatic carboxylic acids is 1. The first-order valence-electron chi connectivity index (χ1n) is 14.2. The van der Waals surface area contributed by atoms with Gasteiger partial charge in [0.1, 0.15) is 0 Å². The Morgan fingerprint density at radius 3 is 1.16 bits per heavy atom. The zero-order valence-corrected chi connectivity index (χ0v) is 21.9. The molecule has 186 valence electrons. The third-order valence-corrected chi connectivity index (χ3v) is 7.20. The Bertz CT molecular complexity index is 379. The lowest BCUT2D eigenvalue weighted by Crippen LogP contribution is -2.08. The lowest BCUT2D eigenvalue weighted by atomic mass is 9.93. The minimum atomic E-state index is -0.646. The van der Waals surface area contributed by atoms with Crippen LogP contribution in [0.1, 0.15) is 163 Å². The second-order valence-electron chi connectivity index (χ2n) is 10.7. The van der Waals surface area contributed by atoms with E-state index in [2.05, 4.69) is 20.8 Å². The molecule has 0 rings (SSSR count). The maximum absolute atomic E-state index is 10.8. The first kappa shape index (κ1) is 30.5. The van der Waals surface area contributed by atoms with E-state index in [1.165, 1.54) is 122 Å². The molecule has 0 aromatic carbocycles. The Hall–Kier alpha value is -0.530. The molecule has 0 aliphatic heterocycles. The molecule has 0 aromatic rings. The summed E-state index contributed by atoms with van der Waals surface area (Å²) < 4.78 is 0. The van der Waals surface area contributed by atoms with Crippen LogP contribution in [0.25, 0.3) is 0 Å². The van der Waals surface area contributed by atoms with Crippen molar-refractivity contribution in [2.45, 2.75) is 163 Å². The summed E-state index contributed by atoms with van der Waals surface area (Å²) in [6, 6.07) is 0. The van der Waals surface area contributed by atoms with E-state index in [9.17, 15) is 4.79 Å². The monoisotopic (exact) mass is 438 g/mol. The molecular weight excluding hydrogens is 380 g/mol. The van der Waals surface area contributed by atoms with Gasteiger partial charge in [-0.15, -0.1) is 0 Å². The van der Waals surface area contributed by atoms with Crippen molar-refractivity contribution in [3.63, 3.8) is 0 Å². The molecule has 0 amide bonds. The van der Waals surface area contributed by atoms with E-state index in [1.807, 2.05) is 6.92 Å². The SMILES string of the molecule is CCCCCCC(C)CCCCCC(C)CCCCCCCCCCCC(C)C(=O)O. The van der Waals surface area contributed by atoms with Crippen LogP contribution in [-0.2, 0) is 4.79 Å². The molecule has 0 aliphatic rings. The molecule has 0 aromatic heterocycles. The fraction of sp³-hybridized carbons (Fsp3) is 0.966. The van der Waals surface area contributed by atoms with Gasteiger partial charge in [0, 0.05) is 0 Å². The van der Waals surface area contributed by atoms with E-state index in [0.29, 0.717) is 0 Å². The average molecular weight is 439 g/mol. The summed E-state index contributed by atoms with van der Waals surface area (Å²) in [5, 5.41) is 8.88. The minimum Gasteiger partial charge on any atom is -0.481 e. The summed E-state index contributed by atoms with van der Waals surface area (Å²) >= 11 is 0. The topological polar surface area (TPSA) is 37.3 Å². The number of hydrogen-bond acceptors (Lipinski definition) is 1. The molecule has 2 heteroatoms. The van der Waals surface area contributed by atoms with Crippen LogP contribution in [0.15, 0.2) is 0 Å². The summed E-state index contributed by atoms with van der Waals surface area (Å²) in [4.78, 5) is 10.8. The average Bonchev–Trinajstić information content (AvgIpc) is 2.74. The Balaban J connectivity index is 3.29. The molecule has 3 unspecified atom stereocenters. The third-order valence-electron chi connectivity index (χ3n) is 7.20. The van der Waals surface area contributed by atoms with Crippen molar-refractivity contribution < 1.29 is 9.90 Å². The quantitative estimate of drug-likeness (QED) is 0.152. The van der Waals surface area contributed by atoms with Crippen LogP contribution >= 0.6 is 0 Å². The van der Waals surface area contributed by atoms with Crippen molar-refractivity contribution in [2.24, 2.45) is 17.8 Å². The molecule has 0 bridgehead atoms. The number of carboxylic acid groups (broad SMARTS) is 1. The van der Waals surface area contributed by atoms with Crippen LogP contribution in [-0.4, -0.2) is 11.1 Å². The Kier molecular flexibility index (Phi) is 22.3. The maximum Gasteiger partial charge on any atom is 0.306 e. The predicted octanol–water partition coefficient (Wildman–Crippen LogP) is 10.2. The third kappa shape index (κ3) is 22.5. The van der Waals surface area contributed by atoms with Crippen LogP contribution in [0.4, 0.5) is 0 Å². The summed E-state index contributed by atoms with van der Waals surface area (Å²) in [6.07, 6.45) is 28.4. The molecule has 3 atom stereocenters.